The van der Waals surface area contributed by atoms with E-state index in [4.69, 9.17) is 15.2 Å². The van der Waals surface area contributed by atoms with E-state index < -0.39 is 21.9 Å². The van der Waals surface area contributed by atoms with Crippen molar-refractivity contribution in [3.63, 3.8) is 0 Å². The molecule has 0 fully saturated rings. The monoisotopic (exact) mass is 456 g/mol. The molecule has 0 aromatic heterocycles. The Morgan fingerprint density at radius 1 is 1.15 bits per heavy atom. The zero-order chi connectivity index (χ0) is 20.2. The van der Waals surface area contributed by atoms with Crippen molar-refractivity contribution in [2.45, 2.75) is 11.8 Å². The number of carbonyl (C=O) groups excluding carboxylic acids is 2. The summed E-state index contributed by atoms with van der Waals surface area (Å²) in [6.45, 7) is 1.87. The molecule has 0 radical (unpaired) electrons. The normalized spacial score (nSPS) is 10.9. The number of nitrogens with two attached hydrogens (primary N) is 1. The Balaban J connectivity index is 2.41. The highest BCUT2D eigenvalue weighted by atomic mass is 79.9. The van der Waals surface area contributed by atoms with Crippen LogP contribution in [0.15, 0.2) is 45.8 Å². The SMILES string of the molecule is CCOC(=O)c1ccc(S(=O)(=O)Nc2cc(C(N)=O)ccc2OC)c(Br)c1. The third-order valence-corrected chi connectivity index (χ3v) is 5.80. The molecule has 0 spiro atoms. The van der Waals surface area contributed by atoms with Crippen LogP contribution in [0.5, 0.6) is 5.75 Å². The van der Waals surface area contributed by atoms with E-state index in [1.165, 1.54) is 43.5 Å². The molecule has 0 unspecified atom stereocenters. The fraction of sp³-hybridized carbons (Fsp3) is 0.176. The Labute approximate surface area is 164 Å². The van der Waals surface area contributed by atoms with Crippen molar-refractivity contribution < 1.29 is 27.5 Å². The van der Waals surface area contributed by atoms with Crippen molar-refractivity contribution in [2.75, 3.05) is 18.4 Å². The van der Waals surface area contributed by atoms with Crippen molar-refractivity contribution >= 4 is 43.5 Å². The summed E-state index contributed by atoms with van der Waals surface area (Å²) in [4.78, 5) is 23.0. The average Bonchev–Trinajstić information content (AvgIpc) is 2.61. The maximum absolute atomic E-state index is 12.7. The molecule has 0 saturated heterocycles. The van der Waals surface area contributed by atoms with Crippen LogP contribution in [0, 0.1) is 0 Å². The number of carbonyl (C=O) groups is 2. The summed E-state index contributed by atoms with van der Waals surface area (Å²) in [5.74, 6) is -1.06. The van der Waals surface area contributed by atoms with E-state index in [1.807, 2.05) is 0 Å². The number of nitrogens with one attached hydrogen (secondary N) is 1. The number of anilines is 1. The lowest BCUT2D eigenvalue weighted by atomic mass is 10.2. The van der Waals surface area contributed by atoms with E-state index in [0.717, 1.165) is 0 Å². The summed E-state index contributed by atoms with van der Waals surface area (Å²) in [5, 5.41) is 0. The Bertz CT molecular complexity index is 991. The largest absolute Gasteiger partial charge is 0.495 e. The van der Waals surface area contributed by atoms with Crippen LogP contribution >= 0.6 is 15.9 Å². The van der Waals surface area contributed by atoms with Gasteiger partial charge in [-0.2, -0.15) is 0 Å². The summed E-state index contributed by atoms with van der Waals surface area (Å²) in [6.07, 6.45) is 0. The molecular weight excluding hydrogens is 440 g/mol. The van der Waals surface area contributed by atoms with E-state index in [0.29, 0.717) is 0 Å². The van der Waals surface area contributed by atoms with Gasteiger partial charge < -0.3 is 15.2 Å². The second-order valence-electron chi connectivity index (χ2n) is 5.25. The predicted molar refractivity (Wildman–Crippen MR) is 102 cm³/mol. The van der Waals surface area contributed by atoms with Crippen LogP contribution in [0.4, 0.5) is 5.69 Å². The van der Waals surface area contributed by atoms with Crippen LogP contribution in [0.3, 0.4) is 0 Å². The Hall–Kier alpha value is -2.59. The second-order valence-corrected chi connectivity index (χ2v) is 7.76. The quantitative estimate of drug-likeness (QED) is 0.616. The molecule has 0 bridgehead atoms. The highest BCUT2D eigenvalue weighted by molar-refractivity contribution is 9.10. The van der Waals surface area contributed by atoms with E-state index in [2.05, 4.69) is 20.7 Å². The number of esters is 1. The molecule has 10 heteroatoms. The maximum Gasteiger partial charge on any atom is 0.338 e. The molecule has 27 heavy (non-hydrogen) atoms. The molecule has 144 valence electrons. The van der Waals surface area contributed by atoms with Gasteiger partial charge in [-0.1, -0.05) is 0 Å². The second kappa shape index (κ2) is 8.40. The van der Waals surface area contributed by atoms with Crippen molar-refractivity contribution in [3.8, 4) is 5.75 Å². The lowest BCUT2D eigenvalue weighted by molar-refractivity contribution is 0.0526. The van der Waals surface area contributed by atoms with Gasteiger partial charge in [0.05, 0.1) is 25.0 Å². The molecule has 0 saturated carbocycles. The number of amides is 1. The number of primary amides is 1. The highest BCUT2D eigenvalue weighted by Crippen LogP contribution is 2.30. The lowest BCUT2D eigenvalue weighted by Gasteiger charge is -2.14. The fourth-order valence-corrected chi connectivity index (χ4v) is 4.34. The number of halogens is 1. The molecule has 8 nitrogen and oxygen atoms in total. The topological polar surface area (TPSA) is 125 Å². The van der Waals surface area contributed by atoms with E-state index in [1.54, 1.807) is 6.92 Å². The molecule has 0 aliphatic carbocycles. The van der Waals surface area contributed by atoms with E-state index in [9.17, 15) is 18.0 Å². The van der Waals surface area contributed by atoms with Gasteiger partial charge in [0, 0.05) is 10.0 Å². The molecular formula is C17H17BrN2O6S. The lowest BCUT2D eigenvalue weighted by Crippen LogP contribution is -2.16. The minimum absolute atomic E-state index is 0.0511. The van der Waals surface area contributed by atoms with Crippen LogP contribution in [0.2, 0.25) is 0 Å². The molecule has 3 N–H and O–H groups in total. The molecule has 0 atom stereocenters. The number of methoxy groups -OCH3 is 1. The molecule has 2 aromatic rings. The Kier molecular flexibility index (Phi) is 6.45. The summed E-state index contributed by atoms with van der Waals surface area (Å²) >= 11 is 3.16. The summed E-state index contributed by atoms with van der Waals surface area (Å²) in [6, 6.07) is 8.08. The summed E-state index contributed by atoms with van der Waals surface area (Å²) in [7, 11) is -2.69. The number of benzene rings is 2. The van der Waals surface area contributed by atoms with Gasteiger partial charge in [-0.25, -0.2) is 13.2 Å². The number of sulfonamides is 1. The number of ether oxygens (including phenoxy) is 2. The van der Waals surface area contributed by atoms with Crippen LogP contribution in [0.25, 0.3) is 0 Å². The maximum atomic E-state index is 12.7. The first-order valence-corrected chi connectivity index (χ1v) is 9.94. The molecule has 0 aliphatic heterocycles. The molecule has 0 heterocycles. The van der Waals surface area contributed by atoms with Gasteiger partial charge >= 0.3 is 5.97 Å². The molecule has 0 aliphatic rings. The molecule has 2 rings (SSSR count). The summed E-state index contributed by atoms with van der Waals surface area (Å²) < 4.78 is 38.0. The Morgan fingerprint density at radius 2 is 1.81 bits per heavy atom. The molecule has 1 amide bonds. The minimum Gasteiger partial charge on any atom is -0.495 e. The van der Waals surface area contributed by atoms with Gasteiger partial charge in [0.25, 0.3) is 10.0 Å². The first kappa shape index (κ1) is 20.7. The summed E-state index contributed by atoms with van der Waals surface area (Å²) in [5.41, 5.74) is 5.61. The van der Waals surface area contributed by atoms with Gasteiger partial charge in [0.1, 0.15) is 10.6 Å². The van der Waals surface area contributed by atoms with E-state index >= 15 is 0 Å². The predicted octanol–water partition coefficient (Wildman–Crippen LogP) is 2.53. The third kappa shape index (κ3) is 4.77. The smallest absolute Gasteiger partial charge is 0.338 e. The van der Waals surface area contributed by atoms with Crippen LogP contribution in [0.1, 0.15) is 27.6 Å². The molecule has 2 aromatic carbocycles. The van der Waals surface area contributed by atoms with Gasteiger partial charge in [-0.05, 0) is 59.3 Å². The Morgan fingerprint density at radius 3 is 2.37 bits per heavy atom. The third-order valence-electron chi connectivity index (χ3n) is 3.46. The van der Waals surface area contributed by atoms with Gasteiger partial charge in [-0.3, -0.25) is 9.52 Å². The number of hydrogen-bond acceptors (Lipinski definition) is 6. The standard InChI is InChI=1S/C17H17BrN2O6S/c1-3-26-17(22)11-5-7-15(12(18)8-11)27(23,24)20-13-9-10(16(19)21)4-6-14(13)25-2/h4-9,20H,3H2,1-2H3,(H2,19,21). The number of rotatable bonds is 7. The van der Waals surface area contributed by atoms with Gasteiger partial charge in [0.2, 0.25) is 5.91 Å². The van der Waals surface area contributed by atoms with Crippen molar-refractivity contribution in [1.29, 1.82) is 0 Å². The van der Waals surface area contributed by atoms with Crippen LogP contribution in [-0.4, -0.2) is 34.0 Å². The zero-order valence-electron chi connectivity index (χ0n) is 14.5. The van der Waals surface area contributed by atoms with Crippen molar-refractivity contribution in [1.82, 2.24) is 0 Å². The first-order chi connectivity index (χ1) is 12.7. The average molecular weight is 457 g/mol. The zero-order valence-corrected chi connectivity index (χ0v) is 16.9. The number of hydrogen-bond donors (Lipinski definition) is 2. The van der Waals surface area contributed by atoms with Crippen LogP contribution in [-0.2, 0) is 14.8 Å². The van der Waals surface area contributed by atoms with Crippen LogP contribution < -0.4 is 15.2 Å². The van der Waals surface area contributed by atoms with Gasteiger partial charge in [-0.15, -0.1) is 0 Å². The van der Waals surface area contributed by atoms with E-state index in [-0.39, 0.29) is 38.5 Å². The van der Waals surface area contributed by atoms with Gasteiger partial charge in [0.15, 0.2) is 0 Å². The first-order valence-electron chi connectivity index (χ1n) is 7.67. The fourth-order valence-electron chi connectivity index (χ4n) is 2.20. The minimum atomic E-state index is -4.05. The highest BCUT2D eigenvalue weighted by Gasteiger charge is 2.22. The van der Waals surface area contributed by atoms with Crippen molar-refractivity contribution in [3.05, 3.63) is 52.0 Å². The van der Waals surface area contributed by atoms with Crippen molar-refractivity contribution in [2.24, 2.45) is 5.73 Å².